The van der Waals surface area contributed by atoms with Crippen molar-refractivity contribution in [2.24, 2.45) is 0 Å². The zero-order chi connectivity index (χ0) is 15.1. The van der Waals surface area contributed by atoms with Crippen LogP contribution in [0.25, 0.3) is 0 Å². The molecule has 108 valence electrons. The fraction of sp³-hybridized carbons (Fsp3) is 0.176. The molecule has 0 radical (unpaired) electrons. The van der Waals surface area contributed by atoms with Crippen LogP contribution in [-0.4, -0.2) is 11.7 Å². The Morgan fingerprint density at radius 1 is 1.10 bits per heavy atom. The first-order valence-corrected chi connectivity index (χ1v) is 7.93. The Balaban J connectivity index is 1.96. The Morgan fingerprint density at radius 3 is 2.57 bits per heavy atom. The Labute approximate surface area is 133 Å². The molecule has 0 aliphatic rings. The van der Waals surface area contributed by atoms with Crippen molar-refractivity contribution in [3.05, 3.63) is 70.0 Å². The van der Waals surface area contributed by atoms with Crippen molar-refractivity contribution in [1.82, 2.24) is 0 Å². The topological polar surface area (TPSA) is 20.2 Å². The van der Waals surface area contributed by atoms with Gasteiger partial charge in [-0.1, -0.05) is 47.7 Å². The van der Waals surface area contributed by atoms with Crippen molar-refractivity contribution in [2.75, 3.05) is 6.61 Å². The van der Waals surface area contributed by atoms with E-state index in [0.717, 1.165) is 16.3 Å². The Hall–Kier alpha value is -1.47. The molecule has 2 aromatic rings. The summed E-state index contributed by atoms with van der Waals surface area (Å²) in [6, 6.07) is 12.5. The quantitative estimate of drug-likeness (QED) is 0.850. The van der Waals surface area contributed by atoms with E-state index < -0.39 is 0 Å². The number of rotatable bonds is 4. The molecule has 2 rings (SSSR count). The lowest BCUT2D eigenvalue weighted by molar-refractivity contribution is 0.350. The lowest BCUT2D eigenvalue weighted by Gasteiger charge is -2.05. The van der Waals surface area contributed by atoms with Gasteiger partial charge in [-0.2, -0.15) is 11.8 Å². The number of halogens is 2. The molecule has 0 aliphatic heterocycles. The molecule has 1 nitrogen and oxygen atoms in total. The van der Waals surface area contributed by atoms with Gasteiger partial charge in [0.05, 0.1) is 0 Å². The molecular weight excluding hydrogens is 307 g/mol. The van der Waals surface area contributed by atoms with Gasteiger partial charge in [0.15, 0.2) is 0 Å². The minimum absolute atomic E-state index is 0.225. The smallest absolute Gasteiger partial charge is 0.128 e. The summed E-state index contributed by atoms with van der Waals surface area (Å²) < 4.78 is 13.9. The van der Waals surface area contributed by atoms with Crippen molar-refractivity contribution < 1.29 is 9.50 Å². The van der Waals surface area contributed by atoms with Gasteiger partial charge < -0.3 is 5.11 Å². The molecule has 0 spiro atoms. The van der Waals surface area contributed by atoms with Gasteiger partial charge in [-0.3, -0.25) is 0 Å². The summed E-state index contributed by atoms with van der Waals surface area (Å²) in [6.45, 7) is -0.225. The molecule has 0 saturated heterocycles. The highest BCUT2D eigenvalue weighted by Gasteiger charge is 2.04. The number of thioether (sulfide) groups is 1. The van der Waals surface area contributed by atoms with Crippen LogP contribution in [0.1, 0.15) is 16.7 Å². The summed E-state index contributed by atoms with van der Waals surface area (Å²) in [6.07, 6.45) is 0. The van der Waals surface area contributed by atoms with Crippen LogP contribution < -0.4 is 0 Å². The van der Waals surface area contributed by atoms with E-state index in [4.69, 9.17) is 16.7 Å². The van der Waals surface area contributed by atoms with Crippen molar-refractivity contribution in [3.8, 4) is 11.8 Å². The monoisotopic (exact) mass is 320 g/mol. The molecule has 0 fully saturated rings. The Morgan fingerprint density at radius 2 is 1.86 bits per heavy atom. The third kappa shape index (κ3) is 4.78. The van der Waals surface area contributed by atoms with Gasteiger partial charge >= 0.3 is 0 Å². The molecule has 2 aromatic carbocycles. The van der Waals surface area contributed by atoms with Crippen LogP contribution in [0.2, 0.25) is 5.02 Å². The third-order valence-electron chi connectivity index (χ3n) is 2.84. The second kappa shape index (κ2) is 8.09. The highest BCUT2D eigenvalue weighted by molar-refractivity contribution is 7.97. The summed E-state index contributed by atoms with van der Waals surface area (Å²) in [4.78, 5) is 0. The fourth-order valence-corrected chi connectivity index (χ4v) is 3.08. The molecule has 4 heteroatoms. The van der Waals surface area contributed by atoms with E-state index in [-0.39, 0.29) is 12.4 Å². The van der Waals surface area contributed by atoms with Gasteiger partial charge in [-0.25, -0.2) is 4.39 Å². The number of hydrogen-bond acceptors (Lipinski definition) is 2. The number of aliphatic hydroxyl groups is 1. The second-order valence-electron chi connectivity index (χ2n) is 4.35. The summed E-state index contributed by atoms with van der Waals surface area (Å²) in [5, 5.41) is 9.35. The zero-order valence-corrected chi connectivity index (χ0v) is 12.8. The lowest BCUT2D eigenvalue weighted by Crippen LogP contribution is -1.90. The van der Waals surface area contributed by atoms with Gasteiger partial charge in [0, 0.05) is 22.1 Å². The summed E-state index contributed by atoms with van der Waals surface area (Å²) in [5.41, 5.74) is 2.26. The highest BCUT2D eigenvalue weighted by Crippen LogP contribution is 2.24. The van der Waals surface area contributed by atoms with Crippen LogP contribution >= 0.6 is 23.4 Å². The van der Waals surface area contributed by atoms with E-state index in [1.54, 1.807) is 23.9 Å². The maximum atomic E-state index is 13.9. The van der Waals surface area contributed by atoms with Gasteiger partial charge in [-0.15, -0.1) is 0 Å². The Kier molecular flexibility index (Phi) is 6.13. The predicted molar refractivity (Wildman–Crippen MR) is 86.8 cm³/mol. The van der Waals surface area contributed by atoms with Crippen molar-refractivity contribution in [2.45, 2.75) is 11.5 Å². The summed E-state index contributed by atoms with van der Waals surface area (Å²) in [7, 11) is 0. The van der Waals surface area contributed by atoms with Crippen LogP contribution in [0.3, 0.4) is 0 Å². The van der Waals surface area contributed by atoms with Crippen molar-refractivity contribution in [3.63, 3.8) is 0 Å². The number of benzene rings is 2. The SMILES string of the molecule is OCC#Cc1ccc(CSCc2ccccc2Cl)c(F)c1. The van der Waals surface area contributed by atoms with E-state index in [1.165, 1.54) is 6.07 Å². The average molecular weight is 321 g/mol. The third-order valence-corrected chi connectivity index (χ3v) is 4.24. The summed E-state index contributed by atoms with van der Waals surface area (Å²) >= 11 is 7.69. The molecule has 0 atom stereocenters. The minimum atomic E-state index is -0.272. The molecule has 0 aromatic heterocycles. The molecule has 0 saturated carbocycles. The Bertz CT molecular complexity index is 676. The van der Waals surface area contributed by atoms with Crippen LogP contribution in [0.4, 0.5) is 4.39 Å². The van der Waals surface area contributed by atoms with Crippen LogP contribution in [0.5, 0.6) is 0 Å². The first kappa shape index (κ1) is 15.9. The van der Waals surface area contributed by atoms with Crippen LogP contribution in [0.15, 0.2) is 42.5 Å². The molecule has 0 bridgehead atoms. The largest absolute Gasteiger partial charge is 0.384 e. The molecule has 21 heavy (non-hydrogen) atoms. The maximum Gasteiger partial charge on any atom is 0.128 e. The van der Waals surface area contributed by atoms with E-state index in [0.29, 0.717) is 16.9 Å². The average Bonchev–Trinajstić information content (AvgIpc) is 2.49. The van der Waals surface area contributed by atoms with Gasteiger partial charge in [0.2, 0.25) is 0 Å². The van der Waals surface area contributed by atoms with E-state index in [9.17, 15) is 4.39 Å². The normalized spacial score (nSPS) is 10.0. The standard InChI is InChI=1S/C17H14ClFOS/c18-16-6-2-1-5-14(16)11-21-12-15-8-7-13(4-3-9-20)10-17(15)19/h1-2,5-8,10,20H,9,11-12H2. The lowest BCUT2D eigenvalue weighted by atomic mass is 10.1. The molecular formula is C17H14ClFOS. The van der Waals surface area contributed by atoms with E-state index in [1.807, 2.05) is 24.3 Å². The number of aliphatic hydroxyl groups excluding tert-OH is 1. The molecule has 0 amide bonds. The fourth-order valence-electron chi connectivity index (χ4n) is 1.77. The predicted octanol–water partition coefficient (Wildman–Crippen LogP) is 4.26. The second-order valence-corrected chi connectivity index (χ2v) is 5.74. The van der Waals surface area contributed by atoms with Gasteiger partial charge in [0.25, 0.3) is 0 Å². The van der Waals surface area contributed by atoms with Gasteiger partial charge in [0.1, 0.15) is 12.4 Å². The zero-order valence-electron chi connectivity index (χ0n) is 11.3. The maximum absolute atomic E-state index is 13.9. The summed E-state index contributed by atoms with van der Waals surface area (Å²) in [5.74, 6) is 6.23. The van der Waals surface area contributed by atoms with E-state index in [2.05, 4.69) is 11.8 Å². The first-order valence-electron chi connectivity index (χ1n) is 6.40. The van der Waals surface area contributed by atoms with Crippen LogP contribution in [0, 0.1) is 17.7 Å². The minimum Gasteiger partial charge on any atom is -0.384 e. The van der Waals surface area contributed by atoms with Gasteiger partial charge in [-0.05, 0) is 29.3 Å². The molecule has 0 heterocycles. The first-order chi connectivity index (χ1) is 10.2. The van der Waals surface area contributed by atoms with Crippen LogP contribution in [-0.2, 0) is 11.5 Å². The van der Waals surface area contributed by atoms with E-state index >= 15 is 0 Å². The molecule has 1 N–H and O–H groups in total. The van der Waals surface area contributed by atoms with Crippen molar-refractivity contribution >= 4 is 23.4 Å². The molecule has 0 aliphatic carbocycles. The highest BCUT2D eigenvalue weighted by atomic mass is 35.5. The van der Waals surface area contributed by atoms with Crippen molar-refractivity contribution in [1.29, 1.82) is 0 Å². The molecule has 0 unspecified atom stereocenters. The number of hydrogen-bond donors (Lipinski definition) is 1.